The largest absolute Gasteiger partial charge is 0.493 e. The molecule has 5 rings (SSSR count). The number of methoxy groups -OCH3 is 1. The number of fused-ring (bicyclic) bond motifs is 2. The fraction of sp³-hybridized carbons (Fsp3) is 0.217. The summed E-state index contributed by atoms with van der Waals surface area (Å²) in [5, 5.41) is 1.92. The van der Waals surface area contributed by atoms with Gasteiger partial charge < -0.3 is 18.8 Å². The van der Waals surface area contributed by atoms with E-state index in [9.17, 15) is 4.79 Å². The summed E-state index contributed by atoms with van der Waals surface area (Å²) in [6, 6.07) is 19.1. The highest BCUT2D eigenvalue weighted by atomic mass is 16.5. The third kappa shape index (κ3) is 3.27. The molecule has 1 unspecified atom stereocenters. The molecule has 1 saturated heterocycles. The van der Waals surface area contributed by atoms with E-state index in [-0.39, 0.29) is 12.0 Å². The zero-order chi connectivity index (χ0) is 19.8. The van der Waals surface area contributed by atoms with Gasteiger partial charge in [-0.1, -0.05) is 30.3 Å². The summed E-state index contributed by atoms with van der Waals surface area (Å²) in [5.41, 5.74) is 1.48. The fourth-order valence-electron chi connectivity index (χ4n) is 3.75. The third-order valence-corrected chi connectivity index (χ3v) is 5.23. The van der Waals surface area contributed by atoms with Crippen molar-refractivity contribution < 1.29 is 18.7 Å². The van der Waals surface area contributed by atoms with E-state index >= 15 is 0 Å². The predicted molar refractivity (Wildman–Crippen MR) is 109 cm³/mol. The number of rotatable bonds is 4. The van der Waals surface area contributed by atoms with Crippen LogP contribution in [0, 0.1) is 0 Å². The molecule has 1 amide bonds. The average molecular weight is 388 g/mol. The zero-order valence-corrected chi connectivity index (χ0v) is 16.0. The molecule has 146 valence electrons. The van der Waals surface area contributed by atoms with E-state index in [1.54, 1.807) is 18.1 Å². The minimum Gasteiger partial charge on any atom is -0.493 e. The molecule has 2 aromatic heterocycles. The number of nitrogens with zero attached hydrogens (tertiary/aromatic N) is 2. The van der Waals surface area contributed by atoms with Crippen molar-refractivity contribution >= 4 is 27.8 Å². The molecule has 0 aliphatic carbocycles. The van der Waals surface area contributed by atoms with Gasteiger partial charge in [0.2, 0.25) is 5.88 Å². The van der Waals surface area contributed by atoms with Gasteiger partial charge in [0.1, 0.15) is 6.10 Å². The van der Waals surface area contributed by atoms with Gasteiger partial charge in [0.15, 0.2) is 17.1 Å². The molecule has 0 spiro atoms. The average Bonchev–Trinajstić information content (AvgIpc) is 3.40. The number of ether oxygens (including phenoxy) is 2. The molecule has 1 fully saturated rings. The number of amides is 1. The second-order valence-electron chi connectivity index (χ2n) is 7.11. The van der Waals surface area contributed by atoms with Gasteiger partial charge in [-0.25, -0.2) is 4.98 Å². The Labute approximate surface area is 167 Å². The number of furan rings is 1. The van der Waals surface area contributed by atoms with Crippen molar-refractivity contribution in [1.82, 2.24) is 9.88 Å². The Balaban J connectivity index is 1.30. The SMILES string of the molecule is COc1cccc2cc(C(=O)N3CCC(Oc4ccc5ccccc5n4)C3)oc12. The molecule has 0 radical (unpaired) electrons. The van der Waals surface area contributed by atoms with E-state index in [1.807, 2.05) is 54.6 Å². The number of likely N-dealkylation sites (tertiary alicyclic amines) is 1. The summed E-state index contributed by atoms with van der Waals surface area (Å²) in [4.78, 5) is 19.2. The Morgan fingerprint density at radius 3 is 2.86 bits per heavy atom. The highest BCUT2D eigenvalue weighted by Gasteiger charge is 2.30. The van der Waals surface area contributed by atoms with Crippen LogP contribution in [0.15, 0.2) is 65.1 Å². The number of hydrogen-bond acceptors (Lipinski definition) is 5. The molecule has 0 N–H and O–H groups in total. The summed E-state index contributed by atoms with van der Waals surface area (Å²) in [6.07, 6.45) is 0.663. The minimum absolute atomic E-state index is 0.0912. The number of hydrogen-bond donors (Lipinski definition) is 0. The lowest BCUT2D eigenvalue weighted by molar-refractivity contribution is 0.0742. The molecular weight excluding hydrogens is 368 g/mol. The van der Waals surface area contributed by atoms with E-state index in [2.05, 4.69) is 4.98 Å². The Morgan fingerprint density at radius 1 is 1.10 bits per heavy atom. The van der Waals surface area contributed by atoms with Gasteiger partial charge >= 0.3 is 0 Å². The van der Waals surface area contributed by atoms with Gasteiger partial charge in [-0.05, 0) is 24.3 Å². The van der Waals surface area contributed by atoms with E-state index < -0.39 is 0 Å². The lowest BCUT2D eigenvalue weighted by Crippen LogP contribution is -2.30. The molecule has 3 heterocycles. The molecule has 4 aromatic rings. The van der Waals surface area contributed by atoms with Crippen LogP contribution < -0.4 is 9.47 Å². The maximum absolute atomic E-state index is 12.9. The number of carbonyl (C=O) groups is 1. The van der Waals surface area contributed by atoms with Crippen molar-refractivity contribution in [3.63, 3.8) is 0 Å². The summed E-state index contributed by atoms with van der Waals surface area (Å²) in [7, 11) is 1.59. The Bertz CT molecular complexity index is 1200. The summed E-state index contributed by atoms with van der Waals surface area (Å²) < 4.78 is 17.2. The number of benzene rings is 2. The van der Waals surface area contributed by atoms with E-state index in [0.29, 0.717) is 36.1 Å². The molecule has 6 nitrogen and oxygen atoms in total. The summed E-state index contributed by atoms with van der Waals surface area (Å²) >= 11 is 0. The zero-order valence-electron chi connectivity index (χ0n) is 16.0. The first kappa shape index (κ1) is 17.6. The van der Waals surface area contributed by atoms with Gasteiger partial charge in [-0.3, -0.25) is 4.79 Å². The van der Waals surface area contributed by atoms with Crippen molar-refractivity contribution in [1.29, 1.82) is 0 Å². The fourth-order valence-corrected chi connectivity index (χ4v) is 3.75. The van der Waals surface area contributed by atoms with Crippen LogP contribution in [0.2, 0.25) is 0 Å². The quantitative estimate of drug-likeness (QED) is 0.522. The number of aromatic nitrogens is 1. The van der Waals surface area contributed by atoms with Crippen molar-refractivity contribution in [2.75, 3.05) is 20.2 Å². The minimum atomic E-state index is -0.138. The lowest BCUT2D eigenvalue weighted by Gasteiger charge is -2.16. The van der Waals surface area contributed by atoms with Crippen LogP contribution in [-0.4, -0.2) is 42.1 Å². The number of carbonyl (C=O) groups excluding carboxylic acids is 1. The molecular formula is C23H20N2O4. The van der Waals surface area contributed by atoms with Crippen LogP contribution in [0.25, 0.3) is 21.9 Å². The second-order valence-corrected chi connectivity index (χ2v) is 7.11. The van der Waals surface area contributed by atoms with E-state index in [0.717, 1.165) is 22.7 Å². The highest BCUT2D eigenvalue weighted by molar-refractivity contribution is 5.97. The maximum atomic E-state index is 12.9. The van der Waals surface area contributed by atoms with Crippen molar-refractivity contribution in [2.24, 2.45) is 0 Å². The topological polar surface area (TPSA) is 64.8 Å². The molecule has 29 heavy (non-hydrogen) atoms. The molecule has 0 saturated carbocycles. The van der Waals surface area contributed by atoms with Gasteiger partial charge in [-0.2, -0.15) is 0 Å². The number of para-hydroxylation sites is 2. The first-order valence-electron chi connectivity index (χ1n) is 9.59. The Morgan fingerprint density at radius 2 is 1.97 bits per heavy atom. The van der Waals surface area contributed by atoms with Crippen LogP contribution in [0.5, 0.6) is 11.6 Å². The molecule has 6 heteroatoms. The monoisotopic (exact) mass is 388 g/mol. The van der Waals surface area contributed by atoms with Gasteiger partial charge in [0.05, 0.1) is 19.2 Å². The first-order chi connectivity index (χ1) is 14.2. The lowest BCUT2D eigenvalue weighted by atomic mass is 10.2. The van der Waals surface area contributed by atoms with Crippen LogP contribution in [0.3, 0.4) is 0 Å². The molecule has 2 aromatic carbocycles. The Hall–Kier alpha value is -3.54. The van der Waals surface area contributed by atoms with Crippen molar-refractivity contribution in [3.8, 4) is 11.6 Å². The predicted octanol–water partition coefficient (Wildman–Crippen LogP) is 4.28. The number of pyridine rings is 1. The molecule has 1 atom stereocenters. The summed E-state index contributed by atoms with van der Waals surface area (Å²) in [5.74, 6) is 1.37. The van der Waals surface area contributed by atoms with Crippen LogP contribution >= 0.6 is 0 Å². The molecule has 1 aliphatic rings. The van der Waals surface area contributed by atoms with Crippen LogP contribution in [0.4, 0.5) is 0 Å². The van der Waals surface area contributed by atoms with Crippen molar-refractivity contribution in [3.05, 3.63) is 66.4 Å². The molecule has 0 bridgehead atoms. The normalized spacial score (nSPS) is 16.4. The second kappa shape index (κ2) is 7.13. The standard InChI is InChI=1S/C23H20N2O4/c1-27-19-8-4-6-16-13-20(29-22(16)19)23(26)25-12-11-17(14-25)28-21-10-9-15-5-2-3-7-18(15)24-21/h2-10,13,17H,11-12,14H2,1H3. The third-order valence-electron chi connectivity index (χ3n) is 5.23. The van der Waals surface area contributed by atoms with Crippen LogP contribution in [-0.2, 0) is 0 Å². The smallest absolute Gasteiger partial charge is 0.289 e. The Kier molecular flexibility index (Phi) is 4.31. The first-order valence-corrected chi connectivity index (χ1v) is 9.59. The van der Waals surface area contributed by atoms with Crippen molar-refractivity contribution in [2.45, 2.75) is 12.5 Å². The van der Waals surface area contributed by atoms with Gasteiger partial charge in [0.25, 0.3) is 5.91 Å². The van der Waals surface area contributed by atoms with E-state index in [1.165, 1.54) is 0 Å². The molecule has 1 aliphatic heterocycles. The van der Waals surface area contributed by atoms with E-state index in [4.69, 9.17) is 13.9 Å². The highest BCUT2D eigenvalue weighted by Crippen LogP contribution is 2.30. The van der Waals surface area contributed by atoms with Gasteiger partial charge in [0, 0.05) is 29.8 Å². The maximum Gasteiger partial charge on any atom is 0.289 e. The van der Waals surface area contributed by atoms with Crippen LogP contribution in [0.1, 0.15) is 17.0 Å². The summed E-state index contributed by atoms with van der Waals surface area (Å²) in [6.45, 7) is 1.12. The van der Waals surface area contributed by atoms with Gasteiger partial charge in [-0.15, -0.1) is 0 Å².